The van der Waals surface area contributed by atoms with Crippen LogP contribution in [0.5, 0.6) is 0 Å². The average Bonchev–Trinajstić information content (AvgIpc) is 2.90. The number of carbonyl (C=O) groups excluding carboxylic acids is 1. The number of benzene rings is 1. The highest BCUT2D eigenvalue weighted by Crippen LogP contribution is 2.24. The van der Waals surface area contributed by atoms with Crippen LogP contribution in [0.15, 0.2) is 41.0 Å². The minimum Gasteiger partial charge on any atom is -0.467 e. The summed E-state index contributed by atoms with van der Waals surface area (Å²) in [5.41, 5.74) is 0.586. The minimum atomic E-state index is -0.569. The molecule has 0 amide bonds. The van der Waals surface area contributed by atoms with E-state index in [4.69, 9.17) is 4.42 Å². The van der Waals surface area contributed by atoms with Gasteiger partial charge in [0.15, 0.2) is 6.29 Å². The van der Waals surface area contributed by atoms with Gasteiger partial charge in [-0.15, -0.1) is 0 Å². The van der Waals surface area contributed by atoms with Gasteiger partial charge in [0.1, 0.15) is 5.76 Å². The molecule has 1 aromatic heterocycles. The van der Waals surface area contributed by atoms with Crippen LogP contribution in [0, 0.1) is 10.1 Å². The Kier molecular flexibility index (Phi) is 3.61. The first-order valence-electron chi connectivity index (χ1n) is 5.59. The Hall–Kier alpha value is -2.63. The first-order chi connectivity index (χ1) is 9.11. The lowest BCUT2D eigenvalue weighted by molar-refractivity contribution is -0.385. The zero-order chi connectivity index (χ0) is 13.8. The highest BCUT2D eigenvalue weighted by molar-refractivity contribution is 5.83. The van der Waals surface area contributed by atoms with E-state index in [2.05, 4.69) is 0 Å². The molecule has 0 N–H and O–H groups in total. The summed E-state index contributed by atoms with van der Waals surface area (Å²) < 4.78 is 5.22. The molecule has 0 aliphatic heterocycles. The molecule has 6 heteroatoms. The van der Waals surface area contributed by atoms with E-state index in [1.54, 1.807) is 18.4 Å². The number of anilines is 1. The number of aldehydes is 1. The molecule has 0 aliphatic carbocycles. The fourth-order valence-corrected chi connectivity index (χ4v) is 1.77. The molecule has 19 heavy (non-hydrogen) atoms. The highest BCUT2D eigenvalue weighted by atomic mass is 16.6. The molecule has 1 heterocycles. The second-order valence-electron chi connectivity index (χ2n) is 4.05. The second kappa shape index (κ2) is 5.34. The van der Waals surface area contributed by atoms with Gasteiger partial charge < -0.3 is 9.32 Å². The normalized spacial score (nSPS) is 10.2. The lowest BCUT2D eigenvalue weighted by Crippen LogP contribution is -2.16. The molecule has 2 aromatic rings. The summed E-state index contributed by atoms with van der Waals surface area (Å²) >= 11 is 0. The van der Waals surface area contributed by atoms with Gasteiger partial charge in [-0.3, -0.25) is 14.9 Å². The zero-order valence-electron chi connectivity index (χ0n) is 10.3. The summed E-state index contributed by atoms with van der Waals surface area (Å²) in [6.45, 7) is 0.517. The van der Waals surface area contributed by atoms with Crippen molar-refractivity contribution in [3.63, 3.8) is 0 Å². The van der Waals surface area contributed by atoms with E-state index < -0.39 is 4.92 Å². The maximum atomic E-state index is 10.9. The van der Waals surface area contributed by atoms with Crippen molar-refractivity contribution in [2.45, 2.75) is 6.54 Å². The predicted molar refractivity (Wildman–Crippen MR) is 69.3 cm³/mol. The molecule has 1 aromatic carbocycles. The van der Waals surface area contributed by atoms with Crippen LogP contribution in [0.4, 0.5) is 11.4 Å². The molecule has 0 spiro atoms. The van der Waals surface area contributed by atoms with E-state index in [1.807, 2.05) is 18.0 Å². The van der Waals surface area contributed by atoms with E-state index in [0.29, 0.717) is 18.5 Å². The molecule has 0 saturated heterocycles. The van der Waals surface area contributed by atoms with Crippen LogP contribution in [-0.4, -0.2) is 18.3 Å². The van der Waals surface area contributed by atoms with Crippen molar-refractivity contribution >= 4 is 17.7 Å². The SMILES string of the molecule is CN(Cc1ccco1)c1ccc([N+](=O)[O-])c(C=O)c1. The molecule has 98 valence electrons. The van der Waals surface area contributed by atoms with Crippen molar-refractivity contribution in [1.82, 2.24) is 0 Å². The van der Waals surface area contributed by atoms with Crippen LogP contribution in [-0.2, 0) is 6.54 Å². The number of rotatable bonds is 5. The standard InChI is InChI=1S/C13H12N2O4/c1-14(8-12-3-2-6-19-12)11-4-5-13(15(17)18)10(7-11)9-16/h2-7,9H,8H2,1H3. The first-order valence-corrected chi connectivity index (χ1v) is 5.59. The summed E-state index contributed by atoms with van der Waals surface area (Å²) in [6, 6.07) is 8.05. The zero-order valence-corrected chi connectivity index (χ0v) is 10.3. The largest absolute Gasteiger partial charge is 0.467 e. The van der Waals surface area contributed by atoms with Crippen LogP contribution in [0.25, 0.3) is 0 Å². The molecule has 0 aliphatic rings. The van der Waals surface area contributed by atoms with Gasteiger partial charge in [-0.05, 0) is 24.3 Å². The smallest absolute Gasteiger partial charge is 0.280 e. The van der Waals surface area contributed by atoms with Gasteiger partial charge in [0.2, 0.25) is 0 Å². The maximum Gasteiger partial charge on any atom is 0.280 e. The molecular weight excluding hydrogens is 248 g/mol. The molecule has 0 bridgehead atoms. The van der Waals surface area contributed by atoms with Crippen molar-refractivity contribution < 1.29 is 14.1 Å². The lowest BCUT2D eigenvalue weighted by Gasteiger charge is -2.18. The molecule has 0 fully saturated rings. The van der Waals surface area contributed by atoms with Gasteiger partial charge in [-0.1, -0.05) is 0 Å². The summed E-state index contributed by atoms with van der Waals surface area (Å²) in [5, 5.41) is 10.7. The Labute approximate surface area is 109 Å². The molecule has 0 unspecified atom stereocenters. The van der Waals surface area contributed by atoms with Gasteiger partial charge in [-0.25, -0.2) is 0 Å². The number of furan rings is 1. The first kappa shape index (κ1) is 12.8. The van der Waals surface area contributed by atoms with E-state index in [-0.39, 0.29) is 11.3 Å². The van der Waals surface area contributed by atoms with Gasteiger partial charge in [0, 0.05) is 18.8 Å². The number of nitro groups is 1. The molecule has 0 atom stereocenters. The fourth-order valence-electron chi connectivity index (χ4n) is 1.77. The van der Waals surface area contributed by atoms with E-state index in [9.17, 15) is 14.9 Å². The van der Waals surface area contributed by atoms with Crippen molar-refractivity contribution in [1.29, 1.82) is 0 Å². The Morgan fingerprint density at radius 3 is 2.79 bits per heavy atom. The van der Waals surface area contributed by atoms with E-state index in [0.717, 1.165) is 5.76 Å². The van der Waals surface area contributed by atoms with Crippen LogP contribution in [0.3, 0.4) is 0 Å². The number of hydrogen-bond donors (Lipinski definition) is 0. The van der Waals surface area contributed by atoms with Crippen LogP contribution in [0.2, 0.25) is 0 Å². The van der Waals surface area contributed by atoms with Gasteiger partial charge in [-0.2, -0.15) is 0 Å². The minimum absolute atomic E-state index is 0.0637. The quantitative estimate of drug-likeness (QED) is 0.469. The van der Waals surface area contributed by atoms with Crippen LogP contribution >= 0.6 is 0 Å². The third-order valence-electron chi connectivity index (χ3n) is 2.75. The molecule has 2 rings (SSSR count). The van der Waals surface area contributed by atoms with Gasteiger partial charge in [0.05, 0.1) is 23.3 Å². The predicted octanol–water partition coefficient (Wildman–Crippen LogP) is 2.64. The number of nitrogens with zero attached hydrogens (tertiary/aromatic N) is 2. The monoisotopic (exact) mass is 260 g/mol. The topological polar surface area (TPSA) is 76.6 Å². The summed E-state index contributed by atoms with van der Waals surface area (Å²) in [5.74, 6) is 0.772. The second-order valence-corrected chi connectivity index (χ2v) is 4.05. The van der Waals surface area contributed by atoms with Crippen molar-refractivity contribution in [2.24, 2.45) is 0 Å². The number of hydrogen-bond acceptors (Lipinski definition) is 5. The molecule has 0 saturated carbocycles. The number of nitro benzene ring substituents is 1. The van der Waals surface area contributed by atoms with Crippen LogP contribution < -0.4 is 4.90 Å². The summed E-state index contributed by atoms with van der Waals surface area (Å²) in [6.07, 6.45) is 2.07. The Bertz CT molecular complexity index is 593. The Morgan fingerprint density at radius 2 is 2.21 bits per heavy atom. The fraction of sp³-hybridized carbons (Fsp3) is 0.154. The van der Waals surface area contributed by atoms with Gasteiger partial charge in [0.25, 0.3) is 5.69 Å². The maximum absolute atomic E-state index is 10.9. The summed E-state index contributed by atoms with van der Waals surface area (Å²) in [7, 11) is 1.82. The molecular formula is C13H12N2O4. The summed E-state index contributed by atoms with van der Waals surface area (Å²) in [4.78, 5) is 22.9. The van der Waals surface area contributed by atoms with Gasteiger partial charge >= 0.3 is 0 Å². The molecule has 0 radical (unpaired) electrons. The third kappa shape index (κ3) is 2.79. The molecule has 6 nitrogen and oxygen atoms in total. The average molecular weight is 260 g/mol. The van der Waals surface area contributed by atoms with Crippen molar-refractivity contribution in [3.8, 4) is 0 Å². The highest BCUT2D eigenvalue weighted by Gasteiger charge is 2.15. The van der Waals surface area contributed by atoms with E-state index >= 15 is 0 Å². The Balaban J connectivity index is 2.25. The lowest BCUT2D eigenvalue weighted by atomic mass is 10.1. The van der Waals surface area contributed by atoms with Crippen molar-refractivity contribution in [3.05, 3.63) is 58.0 Å². The Morgan fingerprint density at radius 1 is 1.42 bits per heavy atom. The van der Waals surface area contributed by atoms with Crippen molar-refractivity contribution in [2.75, 3.05) is 11.9 Å². The van der Waals surface area contributed by atoms with Crippen LogP contribution in [0.1, 0.15) is 16.1 Å². The van der Waals surface area contributed by atoms with E-state index in [1.165, 1.54) is 12.1 Å². The number of carbonyl (C=O) groups is 1. The third-order valence-corrected chi connectivity index (χ3v) is 2.75.